The van der Waals surface area contributed by atoms with E-state index in [0.717, 1.165) is 58.0 Å². The SMILES string of the molecule is CCNC(=NCc1nc(C(C)OCC)no1)NC1CCN(CCCOC)CC1.I. The second kappa shape index (κ2) is 14.9. The van der Waals surface area contributed by atoms with Gasteiger partial charge in [-0.15, -0.1) is 24.0 Å². The maximum absolute atomic E-state index is 5.49. The Morgan fingerprint density at radius 1 is 1.34 bits per heavy atom. The van der Waals surface area contributed by atoms with E-state index in [9.17, 15) is 0 Å². The molecule has 1 aromatic heterocycles. The normalized spacial score (nSPS) is 17.0. The zero-order chi connectivity index (χ0) is 20.2. The summed E-state index contributed by atoms with van der Waals surface area (Å²) in [7, 11) is 1.76. The smallest absolute Gasteiger partial charge is 0.248 e. The van der Waals surface area contributed by atoms with Crippen LogP contribution in [0.25, 0.3) is 0 Å². The lowest BCUT2D eigenvalue weighted by Gasteiger charge is -2.33. The highest BCUT2D eigenvalue weighted by Gasteiger charge is 2.20. The third-order valence-corrected chi connectivity index (χ3v) is 4.73. The minimum Gasteiger partial charge on any atom is -0.385 e. The Hall–Kier alpha value is -0.980. The fraction of sp³-hybridized carbons (Fsp3) is 0.842. The number of methoxy groups -OCH3 is 1. The van der Waals surface area contributed by atoms with Gasteiger partial charge in [-0.2, -0.15) is 4.98 Å². The number of halogens is 1. The van der Waals surface area contributed by atoms with Gasteiger partial charge in [-0.1, -0.05) is 5.16 Å². The van der Waals surface area contributed by atoms with E-state index in [1.807, 2.05) is 13.8 Å². The molecule has 0 aromatic carbocycles. The second-order valence-corrected chi connectivity index (χ2v) is 6.95. The summed E-state index contributed by atoms with van der Waals surface area (Å²) in [5.74, 6) is 1.84. The van der Waals surface area contributed by atoms with E-state index in [-0.39, 0.29) is 30.1 Å². The minimum atomic E-state index is -0.174. The molecule has 9 nitrogen and oxygen atoms in total. The molecule has 0 radical (unpaired) electrons. The van der Waals surface area contributed by atoms with Gasteiger partial charge in [0.15, 0.2) is 11.8 Å². The Kier molecular flexibility index (Phi) is 13.4. The summed E-state index contributed by atoms with van der Waals surface area (Å²) in [6, 6.07) is 0.424. The summed E-state index contributed by atoms with van der Waals surface area (Å²) in [6.45, 7) is 11.8. The second-order valence-electron chi connectivity index (χ2n) is 6.95. The van der Waals surface area contributed by atoms with Crippen LogP contribution in [0, 0.1) is 0 Å². The van der Waals surface area contributed by atoms with Gasteiger partial charge < -0.3 is 29.5 Å². The summed E-state index contributed by atoms with van der Waals surface area (Å²) in [5.41, 5.74) is 0. The van der Waals surface area contributed by atoms with Crippen molar-refractivity contribution in [1.29, 1.82) is 0 Å². The highest BCUT2D eigenvalue weighted by Crippen LogP contribution is 2.13. The molecule has 1 aliphatic rings. The first kappa shape index (κ1) is 26.1. The molecule has 2 N–H and O–H groups in total. The first-order chi connectivity index (χ1) is 13.7. The molecule has 1 saturated heterocycles. The number of hydrogen-bond acceptors (Lipinski definition) is 7. The number of aliphatic imine (C=N–C) groups is 1. The van der Waals surface area contributed by atoms with Crippen LogP contribution in [-0.4, -0.2) is 73.5 Å². The van der Waals surface area contributed by atoms with Crippen LogP contribution in [0.15, 0.2) is 9.52 Å². The number of hydrogen-bond donors (Lipinski definition) is 2. The Bertz CT molecular complexity index is 578. The summed E-state index contributed by atoms with van der Waals surface area (Å²) >= 11 is 0. The van der Waals surface area contributed by atoms with Crippen LogP contribution in [0.1, 0.15) is 57.9 Å². The van der Waals surface area contributed by atoms with Crippen LogP contribution in [0.5, 0.6) is 0 Å². The molecule has 1 fully saturated rings. The Labute approximate surface area is 191 Å². The molecule has 1 atom stereocenters. The monoisotopic (exact) mass is 524 g/mol. The van der Waals surface area contributed by atoms with Crippen molar-refractivity contribution in [3.8, 4) is 0 Å². The molecule has 168 valence electrons. The van der Waals surface area contributed by atoms with Gasteiger partial charge in [0.05, 0.1) is 0 Å². The number of guanidine groups is 1. The van der Waals surface area contributed by atoms with E-state index in [4.69, 9.17) is 14.0 Å². The van der Waals surface area contributed by atoms with Crippen molar-refractivity contribution in [3.63, 3.8) is 0 Å². The summed E-state index contributed by atoms with van der Waals surface area (Å²) in [4.78, 5) is 11.5. The van der Waals surface area contributed by atoms with E-state index in [2.05, 4.69) is 37.6 Å². The number of ether oxygens (including phenoxy) is 2. The Morgan fingerprint density at radius 3 is 2.76 bits per heavy atom. The van der Waals surface area contributed by atoms with Gasteiger partial charge in [0, 0.05) is 52.5 Å². The van der Waals surface area contributed by atoms with Crippen molar-refractivity contribution in [1.82, 2.24) is 25.7 Å². The Morgan fingerprint density at radius 2 is 2.10 bits per heavy atom. The number of rotatable bonds is 11. The lowest BCUT2D eigenvalue weighted by Crippen LogP contribution is -2.48. The minimum absolute atomic E-state index is 0. The van der Waals surface area contributed by atoms with Crippen molar-refractivity contribution >= 4 is 29.9 Å². The van der Waals surface area contributed by atoms with Crippen molar-refractivity contribution in [2.45, 2.75) is 58.7 Å². The molecule has 1 unspecified atom stereocenters. The predicted molar refractivity (Wildman–Crippen MR) is 124 cm³/mol. The van der Waals surface area contributed by atoms with Crippen molar-refractivity contribution in [3.05, 3.63) is 11.7 Å². The number of piperidine rings is 1. The number of likely N-dealkylation sites (tertiary alicyclic amines) is 1. The average molecular weight is 524 g/mol. The third kappa shape index (κ3) is 9.58. The van der Waals surface area contributed by atoms with Crippen molar-refractivity contribution in [2.24, 2.45) is 4.99 Å². The molecule has 0 saturated carbocycles. The predicted octanol–water partition coefficient (Wildman–Crippen LogP) is 2.34. The van der Waals surface area contributed by atoms with Crippen molar-refractivity contribution < 1.29 is 14.0 Å². The highest BCUT2D eigenvalue weighted by atomic mass is 127. The zero-order valence-electron chi connectivity index (χ0n) is 18.1. The van der Waals surface area contributed by atoms with E-state index in [1.54, 1.807) is 7.11 Å². The Balaban J connectivity index is 0.00000420. The molecule has 29 heavy (non-hydrogen) atoms. The molecule has 2 rings (SSSR count). The summed E-state index contributed by atoms with van der Waals surface area (Å²) in [6.07, 6.45) is 3.13. The van der Waals surface area contributed by atoms with Crippen LogP contribution in [-0.2, 0) is 16.0 Å². The molecule has 1 aromatic rings. The standard InChI is InChI=1S/C19H36N6O3.HI/c1-5-20-19(21-14-17-23-18(24-28-17)15(3)27-6-2)22-16-8-11-25(12-9-16)10-7-13-26-4;/h15-16H,5-14H2,1-4H3,(H2,20,21,22);1H. The molecule has 0 amide bonds. The largest absolute Gasteiger partial charge is 0.385 e. The van der Waals surface area contributed by atoms with Gasteiger partial charge in [0.1, 0.15) is 12.6 Å². The fourth-order valence-corrected chi connectivity index (χ4v) is 3.22. The first-order valence-corrected chi connectivity index (χ1v) is 10.4. The number of nitrogens with zero attached hydrogens (tertiary/aromatic N) is 4. The van der Waals surface area contributed by atoms with Gasteiger partial charge in [-0.3, -0.25) is 0 Å². The lowest BCUT2D eigenvalue weighted by atomic mass is 10.1. The lowest BCUT2D eigenvalue weighted by molar-refractivity contribution is 0.0683. The van der Waals surface area contributed by atoms with Crippen LogP contribution in [0.3, 0.4) is 0 Å². The molecular weight excluding hydrogens is 487 g/mol. The molecule has 0 aliphatic carbocycles. The quantitative estimate of drug-likeness (QED) is 0.197. The van der Waals surface area contributed by atoms with Crippen molar-refractivity contribution in [2.75, 3.05) is 46.5 Å². The van der Waals surface area contributed by atoms with E-state index in [1.165, 1.54) is 0 Å². The van der Waals surface area contributed by atoms with Crippen LogP contribution < -0.4 is 10.6 Å². The number of nitrogens with one attached hydrogen (secondary N) is 2. The van der Waals surface area contributed by atoms with Gasteiger partial charge in [-0.05, 0) is 40.0 Å². The molecule has 0 spiro atoms. The van der Waals surface area contributed by atoms with Crippen LogP contribution >= 0.6 is 24.0 Å². The van der Waals surface area contributed by atoms with Crippen LogP contribution in [0.2, 0.25) is 0 Å². The maximum atomic E-state index is 5.49. The van der Waals surface area contributed by atoms with E-state index >= 15 is 0 Å². The topological polar surface area (TPSA) is 97.0 Å². The molecule has 0 bridgehead atoms. The average Bonchev–Trinajstić information content (AvgIpc) is 3.17. The third-order valence-electron chi connectivity index (χ3n) is 4.73. The summed E-state index contributed by atoms with van der Waals surface area (Å²) < 4.78 is 15.9. The molecule has 2 heterocycles. The van der Waals surface area contributed by atoms with Gasteiger partial charge in [-0.25, -0.2) is 4.99 Å². The van der Waals surface area contributed by atoms with Gasteiger partial charge >= 0.3 is 0 Å². The molecular formula is C19H37IN6O3. The van der Waals surface area contributed by atoms with E-state index in [0.29, 0.717) is 30.9 Å². The first-order valence-electron chi connectivity index (χ1n) is 10.4. The van der Waals surface area contributed by atoms with Gasteiger partial charge in [0.25, 0.3) is 0 Å². The number of aromatic nitrogens is 2. The van der Waals surface area contributed by atoms with Crippen LogP contribution in [0.4, 0.5) is 0 Å². The summed E-state index contributed by atoms with van der Waals surface area (Å²) in [5, 5.41) is 10.8. The zero-order valence-corrected chi connectivity index (χ0v) is 20.5. The van der Waals surface area contributed by atoms with E-state index < -0.39 is 0 Å². The highest BCUT2D eigenvalue weighted by molar-refractivity contribution is 14.0. The molecule has 1 aliphatic heterocycles. The fourth-order valence-electron chi connectivity index (χ4n) is 3.22. The van der Waals surface area contributed by atoms with Gasteiger partial charge in [0.2, 0.25) is 5.89 Å². The maximum Gasteiger partial charge on any atom is 0.248 e. The molecule has 10 heteroatoms.